The van der Waals surface area contributed by atoms with Crippen LogP contribution in [0.25, 0.3) is 0 Å². The summed E-state index contributed by atoms with van der Waals surface area (Å²) in [6, 6.07) is 31.5. The second-order valence-corrected chi connectivity index (χ2v) is 12.0. The van der Waals surface area contributed by atoms with Crippen molar-refractivity contribution in [1.29, 1.82) is 0 Å². The first-order valence-corrected chi connectivity index (χ1v) is 14.5. The molecule has 0 bridgehead atoms. The van der Waals surface area contributed by atoms with Gasteiger partial charge in [-0.2, -0.15) is 0 Å². The van der Waals surface area contributed by atoms with Crippen LogP contribution < -0.4 is 0 Å². The molecule has 0 atom stereocenters. The summed E-state index contributed by atoms with van der Waals surface area (Å²) in [5.41, 5.74) is 4.22. The van der Waals surface area contributed by atoms with Gasteiger partial charge in [0.05, 0.1) is 0 Å². The van der Waals surface area contributed by atoms with Gasteiger partial charge in [-0.1, -0.05) is 112 Å². The first-order valence-electron chi connectivity index (χ1n) is 11.3. The van der Waals surface area contributed by atoms with Crippen molar-refractivity contribution in [3.8, 4) is 0 Å². The molecule has 4 aromatic carbocycles. The zero-order chi connectivity index (χ0) is 25.9. The molecule has 6 heteroatoms. The van der Waals surface area contributed by atoms with Gasteiger partial charge in [-0.25, -0.2) is 0 Å². The number of carbonyl (C=O) groups excluding carboxylic acids is 2. The van der Waals surface area contributed by atoms with E-state index in [0.29, 0.717) is 25.7 Å². The average molecular weight is 736 g/mol. The van der Waals surface area contributed by atoms with Gasteiger partial charge in [0.15, 0.2) is 0 Å². The van der Waals surface area contributed by atoms with Gasteiger partial charge < -0.3 is 0 Å². The molecule has 0 unspecified atom stereocenters. The highest BCUT2D eigenvalue weighted by atomic mass is 79.9. The van der Waals surface area contributed by atoms with E-state index in [1.165, 1.54) is 0 Å². The Bertz CT molecular complexity index is 1060. The highest BCUT2D eigenvalue weighted by molar-refractivity contribution is 9.11. The molecule has 0 saturated carbocycles. The molecule has 0 aliphatic rings. The zero-order valence-electron chi connectivity index (χ0n) is 19.4. The average Bonchev–Trinajstić information content (AvgIpc) is 2.85. The van der Waals surface area contributed by atoms with Crippen molar-refractivity contribution in [2.75, 3.05) is 0 Å². The standard InChI is InChI=1S/2C15H12Br2O/c2*16-13-5-1-11(2-6-13)9-15(18)10-12-3-7-14(17)8-4-12/h2*1-8H,9-10H2. The lowest BCUT2D eigenvalue weighted by molar-refractivity contribution is -0.118. The van der Waals surface area contributed by atoms with Crippen molar-refractivity contribution < 1.29 is 9.59 Å². The summed E-state index contributed by atoms with van der Waals surface area (Å²) in [7, 11) is 0. The van der Waals surface area contributed by atoms with E-state index in [9.17, 15) is 9.59 Å². The molecular formula is C30H24Br4O2. The van der Waals surface area contributed by atoms with E-state index in [0.717, 1.165) is 40.1 Å². The lowest BCUT2D eigenvalue weighted by Crippen LogP contribution is -2.06. The van der Waals surface area contributed by atoms with Crippen LogP contribution in [0.5, 0.6) is 0 Å². The van der Waals surface area contributed by atoms with Crippen LogP contribution in [0.3, 0.4) is 0 Å². The molecule has 0 aliphatic carbocycles. The Morgan fingerprint density at radius 1 is 0.361 bits per heavy atom. The Labute approximate surface area is 246 Å². The third-order valence-corrected chi connectivity index (χ3v) is 7.37. The smallest absolute Gasteiger partial charge is 0.141 e. The molecule has 2 nitrogen and oxygen atoms in total. The van der Waals surface area contributed by atoms with Gasteiger partial charge in [-0.15, -0.1) is 0 Å². The van der Waals surface area contributed by atoms with Crippen molar-refractivity contribution in [3.63, 3.8) is 0 Å². The van der Waals surface area contributed by atoms with Crippen molar-refractivity contribution in [2.24, 2.45) is 0 Å². The van der Waals surface area contributed by atoms with E-state index in [1.54, 1.807) is 0 Å². The number of rotatable bonds is 8. The Balaban J connectivity index is 0.000000201. The predicted octanol–water partition coefficient (Wildman–Crippen LogP) is 9.13. The highest BCUT2D eigenvalue weighted by Gasteiger charge is 2.06. The lowest BCUT2D eigenvalue weighted by Gasteiger charge is -2.02. The van der Waals surface area contributed by atoms with Gasteiger partial charge in [0.1, 0.15) is 11.6 Å². The molecule has 0 fully saturated rings. The number of ketones is 2. The van der Waals surface area contributed by atoms with Crippen LogP contribution in [0, 0.1) is 0 Å². The van der Waals surface area contributed by atoms with Gasteiger partial charge in [0, 0.05) is 43.6 Å². The Kier molecular flexibility index (Phi) is 11.8. The normalized spacial score (nSPS) is 10.3. The van der Waals surface area contributed by atoms with Crippen molar-refractivity contribution in [3.05, 3.63) is 137 Å². The molecule has 184 valence electrons. The third-order valence-electron chi connectivity index (χ3n) is 5.26. The Morgan fingerprint density at radius 3 is 0.694 bits per heavy atom. The summed E-state index contributed by atoms with van der Waals surface area (Å²) >= 11 is 13.5. The second-order valence-electron chi connectivity index (χ2n) is 8.29. The summed E-state index contributed by atoms with van der Waals surface area (Å²) in [4.78, 5) is 23.9. The third kappa shape index (κ3) is 10.6. The summed E-state index contributed by atoms with van der Waals surface area (Å²) < 4.78 is 4.14. The summed E-state index contributed by atoms with van der Waals surface area (Å²) in [6.45, 7) is 0. The molecule has 0 aromatic heterocycles. The maximum absolute atomic E-state index is 11.9. The number of benzene rings is 4. The van der Waals surface area contributed by atoms with E-state index < -0.39 is 0 Å². The fourth-order valence-electron chi connectivity index (χ4n) is 3.44. The SMILES string of the molecule is O=C(Cc1ccc(Br)cc1)Cc1ccc(Br)cc1.O=C(Cc1ccc(Br)cc1)Cc1ccc(Br)cc1. The Morgan fingerprint density at radius 2 is 0.528 bits per heavy atom. The van der Waals surface area contributed by atoms with Crippen LogP contribution in [0.4, 0.5) is 0 Å². The number of carbonyl (C=O) groups is 2. The maximum atomic E-state index is 11.9. The molecule has 0 amide bonds. The van der Waals surface area contributed by atoms with E-state index in [2.05, 4.69) is 63.7 Å². The van der Waals surface area contributed by atoms with Crippen LogP contribution in [0.1, 0.15) is 22.3 Å². The first kappa shape index (κ1) is 28.7. The molecule has 0 radical (unpaired) electrons. The summed E-state index contributed by atoms with van der Waals surface area (Å²) in [6.07, 6.45) is 1.96. The molecular weight excluding hydrogens is 712 g/mol. The zero-order valence-corrected chi connectivity index (χ0v) is 25.7. The monoisotopic (exact) mass is 732 g/mol. The van der Waals surface area contributed by atoms with Crippen LogP contribution in [-0.2, 0) is 35.3 Å². The Hall–Kier alpha value is -1.86. The quantitative estimate of drug-likeness (QED) is 0.181. The minimum Gasteiger partial charge on any atom is -0.299 e. The van der Waals surface area contributed by atoms with Gasteiger partial charge in [-0.3, -0.25) is 9.59 Å². The second kappa shape index (κ2) is 14.8. The molecule has 0 heterocycles. The van der Waals surface area contributed by atoms with E-state index in [1.807, 2.05) is 97.1 Å². The summed E-state index contributed by atoms with van der Waals surface area (Å²) in [5.74, 6) is 0.472. The topological polar surface area (TPSA) is 34.1 Å². The molecule has 4 aromatic rings. The van der Waals surface area contributed by atoms with Crippen molar-refractivity contribution in [2.45, 2.75) is 25.7 Å². The van der Waals surface area contributed by atoms with Crippen molar-refractivity contribution in [1.82, 2.24) is 0 Å². The van der Waals surface area contributed by atoms with E-state index >= 15 is 0 Å². The lowest BCUT2D eigenvalue weighted by atomic mass is 10.0. The molecule has 0 saturated heterocycles. The van der Waals surface area contributed by atoms with Crippen LogP contribution >= 0.6 is 63.7 Å². The number of Topliss-reactive ketones (excluding diaryl/α,β-unsaturated/α-hetero) is 2. The van der Waals surface area contributed by atoms with Gasteiger partial charge >= 0.3 is 0 Å². The minimum atomic E-state index is 0.236. The van der Waals surface area contributed by atoms with Crippen LogP contribution in [0.15, 0.2) is 115 Å². The van der Waals surface area contributed by atoms with Gasteiger partial charge in [-0.05, 0) is 70.8 Å². The molecule has 36 heavy (non-hydrogen) atoms. The maximum Gasteiger partial charge on any atom is 0.141 e. The fourth-order valence-corrected chi connectivity index (χ4v) is 4.50. The van der Waals surface area contributed by atoms with E-state index in [4.69, 9.17) is 0 Å². The largest absolute Gasteiger partial charge is 0.299 e. The van der Waals surface area contributed by atoms with E-state index in [-0.39, 0.29) is 11.6 Å². The molecule has 0 spiro atoms. The number of hydrogen-bond acceptors (Lipinski definition) is 2. The van der Waals surface area contributed by atoms with Gasteiger partial charge in [0.25, 0.3) is 0 Å². The van der Waals surface area contributed by atoms with Crippen molar-refractivity contribution >= 4 is 75.3 Å². The highest BCUT2D eigenvalue weighted by Crippen LogP contribution is 2.15. The molecule has 0 N–H and O–H groups in total. The fraction of sp³-hybridized carbons (Fsp3) is 0.133. The molecule has 4 rings (SSSR count). The number of halogens is 4. The minimum absolute atomic E-state index is 0.236. The number of hydrogen-bond donors (Lipinski definition) is 0. The first-order chi connectivity index (χ1) is 17.3. The predicted molar refractivity (Wildman–Crippen MR) is 161 cm³/mol. The molecule has 0 aliphatic heterocycles. The van der Waals surface area contributed by atoms with Gasteiger partial charge in [0.2, 0.25) is 0 Å². The van der Waals surface area contributed by atoms with Crippen LogP contribution in [-0.4, -0.2) is 11.6 Å². The van der Waals surface area contributed by atoms with Crippen LogP contribution in [0.2, 0.25) is 0 Å². The summed E-state index contributed by atoms with van der Waals surface area (Å²) in [5, 5.41) is 0.